The van der Waals surface area contributed by atoms with Crippen molar-refractivity contribution in [3.05, 3.63) is 64.7 Å². The van der Waals surface area contributed by atoms with Gasteiger partial charge in [-0.1, -0.05) is 30.3 Å². The lowest BCUT2D eigenvalue weighted by Gasteiger charge is -2.16. The van der Waals surface area contributed by atoms with Gasteiger partial charge in [0, 0.05) is 6.54 Å². The molecule has 116 valence electrons. The Morgan fingerprint density at radius 2 is 1.77 bits per heavy atom. The highest BCUT2D eigenvalue weighted by atomic mass is 16.5. The molecule has 1 atom stereocenters. The van der Waals surface area contributed by atoms with E-state index in [9.17, 15) is 4.79 Å². The number of hydrogen-bond donors (Lipinski definition) is 1. The van der Waals surface area contributed by atoms with Gasteiger partial charge in [-0.2, -0.15) is 0 Å². The van der Waals surface area contributed by atoms with Gasteiger partial charge >= 0.3 is 0 Å². The first kappa shape index (κ1) is 16.1. The Kier molecular flexibility index (Phi) is 5.21. The number of hydrogen-bond acceptors (Lipinski definition) is 2. The number of carbonyl (C=O) groups is 1. The van der Waals surface area contributed by atoms with Crippen LogP contribution in [-0.2, 0) is 11.3 Å². The van der Waals surface area contributed by atoms with Crippen molar-refractivity contribution in [1.29, 1.82) is 0 Å². The van der Waals surface area contributed by atoms with E-state index >= 15 is 0 Å². The van der Waals surface area contributed by atoms with E-state index < -0.39 is 6.10 Å². The zero-order valence-corrected chi connectivity index (χ0v) is 13.6. The van der Waals surface area contributed by atoms with Crippen LogP contribution in [0, 0.1) is 20.8 Å². The van der Waals surface area contributed by atoms with E-state index in [2.05, 4.69) is 12.2 Å². The quantitative estimate of drug-likeness (QED) is 0.914. The second-order valence-electron chi connectivity index (χ2n) is 5.65. The predicted octanol–water partition coefficient (Wildman–Crippen LogP) is 3.70. The maximum atomic E-state index is 12.1. The summed E-state index contributed by atoms with van der Waals surface area (Å²) in [5.74, 6) is 0.614. The summed E-state index contributed by atoms with van der Waals surface area (Å²) < 4.78 is 5.72. The van der Waals surface area contributed by atoms with Crippen LogP contribution in [0.15, 0.2) is 42.5 Å². The molecule has 2 aromatic carbocycles. The van der Waals surface area contributed by atoms with Gasteiger partial charge in [-0.3, -0.25) is 4.79 Å². The molecule has 1 amide bonds. The highest BCUT2D eigenvalue weighted by Gasteiger charge is 2.14. The molecule has 0 bridgehead atoms. The summed E-state index contributed by atoms with van der Waals surface area (Å²) in [5.41, 5.74) is 4.66. The summed E-state index contributed by atoms with van der Waals surface area (Å²) in [6, 6.07) is 13.9. The molecule has 0 saturated heterocycles. The van der Waals surface area contributed by atoms with Crippen LogP contribution in [0.25, 0.3) is 0 Å². The van der Waals surface area contributed by atoms with E-state index in [0.29, 0.717) is 6.54 Å². The van der Waals surface area contributed by atoms with Crippen LogP contribution in [0.5, 0.6) is 5.75 Å². The van der Waals surface area contributed by atoms with E-state index in [1.807, 2.05) is 56.3 Å². The Hall–Kier alpha value is -2.29. The number of ether oxygens (including phenoxy) is 1. The zero-order valence-electron chi connectivity index (χ0n) is 13.6. The third kappa shape index (κ3) is 4.10. The summed E-state index contributed by atoms with van der Waals surface area (Å²) in [5, 5.41) is 2.92. The Morgan fingerprint density at radius 1 is 1.05 bits per heavy atom. The number of amides is 1. The molecule has 1 N–H and O–H groups in total. The minimum atomic E-state index is -0.522. The summed E-state index contributed by atoms with van der Waals surface area (Å²) in [6.45, 7) is 8.41. The predicted molar refractivity (Wildman–Crippen MR) is 89.0 cm³/mol. The number of carbonyl (C=O) groups excluding carboxylic acids is 1. The van der Waals surface area contributed by atoms with Crippen molar-refractivity contribution in [2.75, 3.05) is 0 Å². The van der Waals surface area contributed by atoms with Gasteiger partial charge in [0.15, 0.2) is 6.10 Å². The lowest BCUT2D eigenvalue weighted by atomic mass is 10.1. The number of rotatable bonds is 5. The van der Waals surface area contributed by atoms with Crippen molar-refractivity contribution in [1.82, 2.24) is 5.32 Å². The largest absolute Gasteiger partial charge is 0.481 e. The fourth-order valence-corrected chi connectivity index (χ4v) is 2.18. The molecule has 0 aliphatic carbocycles. The van der Waals surface area contributed by atoms with Gasteiger partial charge in [0.1, 0.15) is 5.75 Å². The third-order valence-corrected chi connectivity index (χ3v) is 3.87. The van der Waals surface area contributed by atoms with Crippen LogP contribution in [0.4, 0.5) is 0 Å². The molecule has 0 aromatic heterocycles. The topological polar surface area (TPSA) is 38.3 Å². The summed E-state index contributed by atoms with van der Waals surface area (Å²) >= 11 is 0. The SMILES string of the molecule is Cc1ccc(OC(C)C(=O)NCc2ccccc2C)cc1C. The lowest BCUT2D eigenvalue weighted by Crippen LogP contribution is -2.36. The average Bonchev–Trinajstić information content (AvgIpc) is 2.50. The molecule has 2 rings (SSSR count). The van der Waals surface area contributed by atoms with Gasteiger partial charge in [-0.25, -0.2) is 0 Å². The average molecular weight is 297 g/mol. The molecule has 0 radical (unpaired) electrons. The fourth-order valence-electron chi connectivity index (χ4n) is 2.18. The van der Waals surface area contributed by atoms with E-state index in [1.165, 1.54) is 11.1 Å². The van der Waals surface area contributed by atoms with Crippen molar-refractivity contribution in [3.8, 4) is 5.75 Å². The van der Waals surface area contributed by atoms with E-state index in [0.717, 1.165) is 16.9 Å². The van der Waals surface area contributed by atoms with E-state index in [4.69, 9.17) is 4.74 Å². The Labute approximate surface area is 132 Å². The molecule has 0 spiro atoms. The highest BCUT2D eigenvalue weighted by molar-refractivity contribution is 5.80. The summed E-state index contributed by atoms with van der Waals surface area (Å²) in [4.78, 5) is 12.1. The standard InChI is InChI=1S/C19H23NO2/c1-13-9-10-18(11-15(13)3)22-16(4)19(21)20-12-17-8-6-5-7-14(17)2/h5-11,16H,12H2,1-4H3,(H,20,21). The lowest BCUT2D eigenvalue weighted by molar-refractivity contribution is -0.127. The monoisotopic (exact) mass is 297 g/mol. The first-order valence-corrected chi connectivity index (χ1v) is 7.53. The summed E-state index contributed by atoms with van der Waals surface area (Å²) in [6.07, 6.45) is -0.522. The van der Waals surface area contributed by atoms with E-state index in [-0.39, 0.29) is 5.91 Å². The van der Waals surface area contributed by atoms with Crippen molar-refractivity contribution >= 4 is 5.91 Å². The molecule has 0 heterocycles. The molecule has 0 aliphatic heterocycles. The van der Waals surface area contributed by atoms with Crippen molar-refractivity contribution in [2.24, 2.45) is 0 Å². The maximum absolute atomic E-state index is 12.1. The smallest absolute Gasteiger partial charge is 0.261 e. The Bertz CT molecular complexity index is 664. The van der Waals surface area contributed by atoms with Crippen LogP contribution >= 0.6 is 0 Å². The first-order chi connectivity index (χ1) is 10.5. The van der Waals surface area contributed by atoms with Crippen LogP contribution in [-0.4, -0.2) is 12.0 Å². The van der Waals surface area contributed by atoms with Crippen molar-refractivity contribution < 1.29 is 9.53 Å². The molecule has 2 aromatic rings. The highest BCUT2D eigenvalue weighted by Crippen LogP contribution is 2.17. The third-order valence-electron chi connectivity index (χ3n) is 3.87. The number of aryl methyl sites for hydroxylation is 3. The molecule has 3 heteroatoms. The minimum absolute atomic E-state index is 0.110. The van der Waals surface area contributed by atoms with E-state index in [1.54, 1.807) is 6.92 Å². The van der Waals surface area contributed by atoms with Gasteiger partial charge in [0.25, 0.3) is 5.91 Å². The van der Waals surface area contributed by atoms with Gasteiger partial charge in [-0.15, -0.1) is 0 Å². The van der Waals surface area contributed by atoms with Crippen LogP contribution in [0.2, 0.25) is 0 Å². The van der Waals surface area contributed by atoms with Crippen LogP contribution in [0.1, 0.15) is 29.2 Å². The molecule has 0 fully saturated rings. The minimum Gasteiger partial charge on any atom is -0.481 e. The van der Waals surface area contributed by atoms with Gasteiger partial charge in [-0.05, 0) is 62.1 Å². The Morgan fingerprint density at radius 3 is 2.45 bits per heavy atom. The van der Waals surface area contributed by atoms with Crippen LogP contribution in [0.3, 0.4) is 0 Å². The maximum Gasteiger partial charge on any atom is 0.261 e. The first-order valence-electron chi connectivity index (χ1n) is 7.53. The fraction of sp³-hybridized carbons (Fsp3) is 0.316. The van der Waals surface area contributed by atoms with Crippen molar-refractivity contribution in [2.45, 2.75) is 40.3 Å². The number of nitrogens with one attached hydrogen (secondary N) is 1. The summed E-state index contributed by atoms with van der Waals surface area (Å²) in [7, 11) is 0. The second-order valence-corrected chi connectivity index (χ2v) is 5.65. The molecular formula is C19H23NO2. The molecule has 0 aliphatic rings. The zero-order chi connectivity index (χ0) is 16.1. The van der Waals surface area contributed by atoms with Gasteiger partial charge < -0.3 is 10.1 Å². The van der Waals surface area contributed by atoms with Crippen LogP contribution < -0.4 is 10.1 Å². The molecule has 1 unspecified atom stereocenters. The second kappa shape index (κ2) is 7.12. The Balaban J connectivity index is 1.92. The van der Waals surface area contributed by atoms with Gasteiger partial charge in [0.2, 0.25) is 0 Å². The molecular weight excluding hydrogens is 274 g/mol. The van der Waals surface area contributed by atoms with Crippen molar-refractivity contribution in [3.63, 3.8) is 0 Å². The molecule has 3 nitrogen and oxygen atoms in total. The number of benzene rings is 2. The molecule has 22 heavy (non-hydrogen) atoms. The van der Waals surface area contributed by atoms with Gasteiger partial charge in [0.05, 0.1) is 0 Å². The normalized spacial score (nSPS) is 11.8. The molecule has 0 saturated carbocycles.